The standard InChI is InChI=1S/C47H46FN11O6S/c48-35-24-30(23-33-34(35)26-57(43(33)62)41(42(61)52-46-49-13-22-66-46)40-37-5-2-14-56(37)27-50-40)29-6-8-31(9-7-29)54-20-18-53(19-21-54)25-28-10-15-55(16-11-28)36-4-1-3-32-39(36)45(64)59(44(32)63)58-17-12-38(60)51-47(58)65/h1,3-4,6-9,13,22-24,27-28,41H,2,5,10-12,14-21,25-26H2,(H,49,52,61)(H,51,60,65). The first-order valence-electron chi connectivity index (χ1n) is 22.4. The number of amides is 7. The summed E-state index contributed by atoms with van der Waals surface area (Å²) >= 11 is 1.28. The van der Waals surface area contributed by atoms with Gasteiger partial charge in [0.05, 0.1) is 41.9 Å². The number of rotatable bonds is 10. The second-order valence-electron chi connectivity index (χ2n) is 17.6. The fourth-order valence-electron chi connectivity index (χ4n) is 10.4. The molecule has 1 atom stereocenters. The number of hydrogen-bond donors (Lipinski definition) is 2. The smallest absolute Gasteiger partial charge is 0.343 e. The maximum absolute atomic E-state index is 16.0. The first-order chi connectivity index (χ1) is 32.1. The Hall–Kier alpha value is -6.99. The van der Waals surface area contributed by atoms with Gasteiger partial charge in [0, 0.05) is 92.9 Å². The van der Waals surface area contributed by atoms with Gasteiger partial charge < -0.3 is 19.3 Å². The molecule has 0 radical (unpaired) electrons. The van der Waals surface area contributed by atoms with Gasteiger partial charge in [0.25, 0.3) is 23.6 Å². The largest absolute Gasteiger partial charge is 0.371 e. The van der Waals surface area contributed by atoms with Crippen molar-refractivity contribution in [2.75, 3.05) is 67.5 Å². The van der Waals surface area contributed by atoms with Crippen LogP contribution < -0.4 is 20.4 Å². The summed E-state index contributed by atoms with van der Waals surface area (Å²) in [5, 5.41) is 9.08. The molecule has 0 aliphatic carbocycles. The van der Waals surface area contributed by atoms with Crippen molar-refractivity contribution >= 4 is 63.4 Å². The van der Waals surface area contributed by atoms with Crippen LogP contribution in [0, 0.1) is 11.7 Å². The van der Waals surface area contributed by atoms with Gasteiger partial charge in [-0.2, -0.15) is 5.01 Å². The number of piperidine rings is 1. The number of hydrazine groups is 1. The molecule has 66 heavy (non-hydrogen) atoms. The summed E-state index contributed by atoms with van der Waals surface area (Å²) in [5.41, 5.74) is 5.59. The minimum atomic E-state index is -1.05. The summed E-state index contributed by atoms with van der Waals surface area (Å²) in [6.45, 7) is 6.60. The highest BCUT2D eigenvalue weighted by Crippen LogP contribution is 2.39. The summed E-state index contributed by atoms with van der Waals surface area (Å²) in [7, 11) is 0. The van der Waals surface area contributed by atoms with Crippen molar-refractivity contribution in [3.05, 3.63) is 112 Å². The van der Waals surface area contributed by atoms with Gasteiger partial charge in [0.1, 0.15) is 5.82 Å². The van der Waals surface area contributed by atoms with Crippen molar-refractivity contribution in [2.24, 2.45) is 5.92 Å². The van der Waals surface area contributed by atoms with E-state index >= 15 is 4.39 Å². The van der Waals surface area contributed by atoms with Crippen LogP contribution in [-0.2, 0) is 29.1 Å². The SMILES string of the molecule is O=C1CCN(N2C(=O)c3cccc(N4CCC(CN5CCN(c6ccc(-c7cc(F)c8c(c7)C(=O)N(C(C(=O)Nc7nccs7)c7ncn9c7CCC9)C8)cc6)CC5)CC4)c3C2=O)C(=O)N1. The maximum Gasteiger partial charge on any atom is 0.343 e. The highest BCUT2D eigenvalue weighted by Gasteiger charge is 2.46. The molecule has 3 aromatic carbocycles. The fourth-order valence-corrected chi connectivity index (χ4v) is 11.0. The number of aryl methyl sites for hydroxylation is 1. The third-order valence-electron chi connectivity index (χ3n) is 13.8. The van der Waals surface area contributed by atoms with E-state index in [1.165, 1.54) is 22.3 Å². The van der Waals surface area contributed by atoms with E-state index in [9.17, 15) is 28.8 Å². The number of carbonyl (C=O) groups excluding carboxylic acids is 6. The zero-order chi connectivity index (χ0) is 45.2. The number of imidazole rings is 1. The third-order valence-corrected chi connectivity index (χ3v) is 14.5. The second-order valence-corrected chi connectivity index (χ2v) is 18.5. The van der Waals surface area contributed by atoms with Gasteiger partial charge in [-0.05, 0) is 79.1 Å². The molecule has 3 saturated heterocycles. The zero-order valence-corrected chi connectivity index (χ0v) is 36.8. The van der Waals surface area contributed by atoms with Gasteiger partial charge in [-0.25, -0.2) is 24.2 Å². The molecule has 3 fully saturated rings. The first kappa shape index (κ1) is 41.7. The number of halogens is 1. The number of aromatic nitrogens is 3. The van der Waals surface area contributed by atoms with Crippen LogP contribution in [0.2, 0.25) is 0 Å². The van der Waals surface area contributed by atoms with Gasteiger partial charge in [0.15, 0.2) is 11.2 Å². The molecule has 0 spiro atoms. The van der Waals surface area contributed by atoms with E-state index in [0.29, 0.717) is 33.6 Å². The zero-order valence-electron chi connectivity index (χ0n) is 36.0. The average molecular weight is 912 g/mol. The van der Waals surface area contributed by atoms with E-state index in [-0.39, 0.29) is 36.2 Å². The van der Waals surface area contributed by atoms with Crippen LogP contribution in [-0.4, -0.2) is 122 Å². The second kappa shape index (κ2) is 16.8. The van der Waals surface area contributed by atoms with Crippen molar-refractivity contribution in [1.29, 1.82) is 0 Å². The van der Waals surface area contributed by atoms with E-state index in [0.717, 1.165) is 105 Å². The number of nitrogens with one attached hydrogen (secondary N) is 2. The van der Waals surface area contributed by atoms with Crippen molar-refractivity contribution in [1.82, 2.24) is 39.7 Å². The Kier molecular flexibility index (Phi) is 10.6. The highest BCUT2D eigenvalue weighted by atomic mass is 32.1. The normalized spacial score (nSPS) is 19.4. The Labute approximate surface area is 382 Å². The molecule has 8 heterocycles. The molecule has 17 nitrogen and oxygen atoms in total. The Morgan fingerprint density at radius 3 is 2.39 bits per heavy atom. The third kappa shape index (κ3) is 7.35. The van der Waals surface area contributed by atoms with Crippen molar-refractivity contribution < 1.29 is 33.2 Å². The number of hydrogen-bond acceptors (Lipinski definition) is 12. The van der Waals surface area contributed by atoms with Crippen LogP contribution in [0.4, 0.5) is 25.7 Å². The van der Waals surface area contributed by atoms with Gasteiger partial charge in [0.2, 0.25) is 5.91 Å². The molecule has 0 bridgehead atoms. The van der Waals surface area contributed by atoms with E-state index in [2.05, 4.69) is 35.3 Å². The number of nitrogens with zero attached hydrogens (tertiary/aromatic N) is 9. The number of thiazole rings is 1. The van der Waals surface area contributed by atoms with Crippen LogP contribution in [0.5, 0.6) is 0 Å². The predicted molar refractivity (Wildman–Crippen MR) is 241 cm³/mol. The Balaban J connectivity index is 0.703. The molecule has 19 heteroatoms. The summed E-state index contributed by atoms with van der Waals surface area (Å²) in [4.78, 5) is 96.5. The number of anilines is 3. The molecule has 2 aromatic heterocycles. The minimum absolute atomic E-state index is 0.00368. The van der Waals surface area contributed by atoms with Crippen LogP contribution in [0.15, 0.2) is 72.5 Å². The van der Waals surface area contributed by atoms with Gasteiger partial charge >= 0.3 is 6.03 Å². The van der Waals surface area contributed by atoms with Crippen LogP contribution in [0.1, 0.15) is 79.8 Å². The molecule has 6 aliphatic rings. The molecule has 6 aliphatic heterocycles. The molecule has 7 amide bonds. The lowest BCUT2D eigenvalue weighted by atomic mass is 9.94. The summed E-state index contributed by atoms with van der Waals surface area (Å²) < 4.78 is 18.0. The number of urea groups is 1. The first-order valence-corrected chi connectivity index (χ1v) is 23.3. The van der Waals surface area contributed by atoms with Crippen molar-refractivity contribution in [3.63, 3.8) is 0 Å². The lowest BCUT2D eigenvalue weighted by Gasteiger charge is -2.40. The average Bonchev–Trinajstić information content (AvgIpc) is 4.18. The van der Waals surface area contributed by atoms with Crippen LogP contribution in [0.3, 0.4) is 0 Å². The number of piperazine rings is 1. The summed E-state index contributed by atoms with van der Waals surface area (Å²) in [5.74, 6) is -2.45. The van der Waals surface area contributed by atoms with E-state index in [1.807, 2.05) is 34.9 Å². The van der Waals surface area contributed by atoms with Crippen LogP contribution in [0.25, 0.3) is 11.1 Å². The Bertz CT molecular complexity index is 2800. The van der Waals surface area contributed by atoms with Gasteiger partial charge in [-0.15, -0.1) is 11.3 Å². The fraction of sp³-hybridized carbons (Fsp3) is 0.362. The molecule has 1 unspecified atom stereocenters. The topological polar surface area (TPSA) is 177 Å². The van der Waals surface area contributed by atoms with Gasteiger partial charge in [-0.1, -0.05) is 18.2 Å². The molecule has 0 saturated carbocycles. The number of carbonyl (C=O) groups is 6. The maximum atomic E-state index is 16.0. The van der Waals surface area contributed by atoms with E-state index < -0.39 is 47.4 Å². The molecular formula is C47H46FN11O6S. The number of imide groups is 2. The molecule has 2 N–H and O–H groups in total. The Morgan fingerprint density at radius 2 is 1.64 bits per heavy atom. The molecule has 5 aromatic rings. The monoisotopic (exact) mass is 911 g/mol. The van der Waals surface area contributed by atoms with E-state index in [1.54, 1.807) is 36.1 Å². The quantitative estimate of drug-likeness (QED) is 0.182. The molecule has 338 valence electrons. The Morgan fingerprint density at radius 1 is 0.833 bits per heavy atom. The summed E-state index contributed by atoms with van der Waals surface area (Å²) in [6.07, 6.45) is 6.82. The van der Waals surface area contributed by atoms with Crippen molar-refractivity contribution in [3.8, 4) is 11.1 Å². The number of benzene rings is 3. The molecular weight excluding hydrogens is 866 g/mol. The van der Waals surface area contributed by atoms with Gasteiger partial charge in [-0.3, -0.25) is 39.5 Å². The lowest BCUT2D eigenvalue weighted by Crippen LogP contribution is -2.58. The number of fused-ring (bicyclic) bond motifs is 3. The van der Waals surface area contributed by atoms with E-state index in [4.69, 9.17) is 0 Å². The van der Waals surface area contributed by atoms with Crippen LogP contribution >= 0.6 is 11.3 Å². The minimum Gasteiger partial charge on any atom is -0.371 e. The predicted octanol–water partition coefficient (Wildman–Crippen LogP) is 4.92. The molecule has 11 rings (SSSR count). The van der Waals surface area contributed by atoms with Crippen molar-refractivity contribution in [2.45, 2.75) is 51.2 Å². The highest BCUT2D eigenvalue weighted by molar-refractivity contribution is 7.13. The lowest BCUT2D eigenvalue weighted by molar-refractivity contribution is -0.123. The summed E-state index contributed by atoms with van der Waals surface area (Å²) in [6, 6.07) is 14.6.